The third-order valence-corrected chi connectivity index (χ3v) is 2.97. The van der Waals surface area contributed by atoms with Crippen LogP contribution in [0.3, 0.4) is 0 Å². The molecule has 1 atom stereocenters. The summed E-state index contributed by atoms with van der Waals surface area (Å²) in [5, 5.41) is 19.2. The van der Waals surface area contributed by atoms with E-state index >= 15 is 0 Å². The highest BCUT2D eigenvalue weighted by atomic mass is 16.5. The Morgan fingerprint density at radius 2 is 1.59 bits per heavy atom. The summed E-state index contributed by atoms with van der Waals surface area (Å²) in [6.45, 7) is 0.401. The molecule has 22 heavy (non-hydrogen) atoms. The number of carboxylic acid groups (broad SMARTS) is 2. The van der Waals surface area contributed by atoms with E-state index in [0.29, 0.717) is 23.9 Å². The van der Waals surface area contributed by atoms with E-state index in [1.54, 1.807) is 0 Å². The highest BCUT2D eigenvalue weighted by molar-refractivity contribution is 5.70. The molecule has 1 N–H and O–H groups in total. The first-order valence-electron chi connectivity index (χ1n) is 7.51. The number of carbonyl (C=O) groups is 3. The van der Waals surface area contributed by atoms with Gasteiger partial charge in [0.05, 0.1) is 21.1 Å². The molecule has 0 aromatic heterocycles. The fourth-order valence-electron chi connectivity index (χ4n) is 2.08. The summed E-state index contributed by atoms with van der Waals surface area (Å²) < 4.78 is 5.70. The molecule has 0 fully saturated rings. The monoisotopic (exact) mass is 317 g/mol. The molecule has 7 nitrogen and oxygen atoms in total. The highest BCUT2D eigenvalue weighted by Crippen LogP contribution is 2.10. The van der Waals surface area contributed by atoms with Gasteiger partial charge >= 0.3 is 11.9 Å². The van der Waals surface area contributed by atoms with Gasteiger partial charge in [-0.1, -0.05) is 12.8 Å². The van der Waals surface area contributed by atoms with Crippen LogP contribution in [0.1, 0.15) is 44.9 Å². The van der Waals surface area contributed by atoms with Crippen LogP contribution in [0.4, 0.5) is 0 Å². The second-order valence-corrected chi connectivity index (χ2v) is 6.47. The minimum atomic E-state index is -1.24. The molecular formula is C15H27NO6. The molecule has 0 saturated heterocycles. The number of unbranched alkanes of at least 4 members (excludes halogenated alkanes) is 3. The minimum Gasteiger partial charge on any atom is -0.550 e. The number of rotatable bonds is 12. The van der Waals surface area contributed by atoms with E-state index in [4.69, 9.17) is 9.84 Å². The van der Waals surface area contributed by atoms with Gasteiger partial charge in [0.2, 0.25) is 0 Å². The summed E-state index contributed by atoms with van der Waals surface area (Å²) in [5.41, 5.74) is 0. The molecule has 0 aromatic rings. The Morgan fingerprint density at radius 3 is 2.05 bits per heavy atom. The van der Waals surface area contributed by atoms with Crippen molar-refractivity contribution < 1.29 is 33.8 Å². The molecule has 0 heterocycles. The average molecular weight is 317 g/mol. The molecule has 0 aliphatic rings. The molecule has 0 amide bonds. The number of carbonyl (C=O) groups excluding carboxylic acids is 2. The predicted molar refractivity (Wildman–Crippen MR) is 77.7 cm³/mol. The van der Waals surface area contributed by atoms with Crippen LogP contribution < -0.4 is 5.11 Å². The third kappa shape index (κ3) is 13.4. The zero-order valence-electron chi connectivity index (χ0n) is 13.7. The van der Waals surface area contributed by atoms with Crippen molar-refractivity contribution in [3.63, 3.8) is 0 Å². The van der Waals surface area contributed by atoms with Crippen molar-refractivity contribution in [3.05, 3.63) is 0 Å². The van der Waals surface area contributed by atoms with E-state index in [1.807, 2.05) is 21.1 Å². The lowest BCUT2D eigenvalue weighted by Crippen LogP contribution is -2.45. The number of nitrogens with zero attached hydrogens (tertiary/aromatic N) is 1. The molecule has 0 unspecified atom stereocenters. The van der Waals surface area contributed by atoms with E-state index in [0.717, 1.165) is 12.8 Å². The maximum Gasteiger partial charge on any atom is 0.306 e. The topological polar surface area (TPSA) is 104 Å². The summed E-state index contributed by atoms with van der Waals surface area (Å²) in [6.07, 6.45) is 2.07. The van der Waals surface area contributed by atoms with Gasteiger partial charge in [-0.15, -0.1) is 0 Å². The van der Waals surface area contributed by atoms with Gasteiger partial charge in [-0.2, -0.15) is 0 Å². The zero-order valence-corrected chi connectivity index (χ0v) is 13.7. The van der Waals surface area contributed by atoms with Crippen LogP contribution in [0.15, 0.2) is 0 Å². The van der Waals surface area contributed by atoms with E-state index in [1.165, 1.54) is 0 Å². The Balaban J connectivity index is 4.01. The number of esters is 1. The van der Waals surface area contributed by atoms with Crippen molar-refractivity contribution >= 4 is 17.9 Å². The number of aliphatic carboxylic acids is 2. The van der Waals surface area contributed by atoms with E-state index in [-0.39, 0.29) is 19.3 Å². The zero-order chi connectivity index (χ0) is 17.2. The molecule has 128 valence electrons. The Labute approximate surface area is 131 Å². The summed E-state index contributed by atoms with van der Waals surface area (Å²) in [4.78, 5) is 32.8. The summed E-state index contributed by atoms with van der Waals surface area (Å²) in [6, 6.07) is 0. The van der Waals surface area contributed by atoms with Crippen molar-refractivity contribution in [3.8, 4) is 0 Å². The molecule has 0 aliphatic heterocycles. The quantitative estimate of drug-likeness (QED) is 0.313. The molecule has 0 rings (SSSR count). The Morgan fingerprint density at radius 1 is 1.05 bits per heavy atom. The molecule has 0 aromatic carbocycles. The third-order valence-electron chi connectivity index (χ3n) is 2.97. The Kier molecular flexibility index (Phi) is 9.40. The molecule has 0 aliphatic carbocycles. The van der Waals surface area contributed by atoms with E-state index < -0.39 is 24.0 Å². The van der Waals surface area contributed by atoms with Gasteiger partial charge in [-0.05, 0) is 12.8 Å². The first kappa shape index (κ1) is 20.4. The number of ether oxygens (including phenoxy) is 1. The number of quaternary nitrogens is 1. The van der Waals surface area contributed by atoms with Crippen molar-refractivity contribution in [2.75, 3.05) is 27.7 Å². The lowest BCUT2D eigenvalue weighted by atomic mass is 10.1. The standard InChI is InChI=1S/C15H27NO6/c1-16(2,3)11-12(10-14(19)20)22-15(21)9-7-5-4-6-8-13(17)18/h12H,4-11H2,1-3H3,(H-,17,18,19,20)/t12-/m0/s1. The normalized spacial score (nSPS) is 12.7. The van der Waals surface area contributed by atoms with E-state index in [9.17, 15) is 19.5 Å². The number of hydrogen-bond acceptors (Lipinski definition) is 5. The Bertz CT molecular complexity index is 375. The van der Waals surface area contributed by atoms with Crippen LogP contribution in [0.2, 0.25) is 0 Å². The smallest absolute Gasteiger partial charge is 0.306 e. The van der Waals surface area contributed by atoms with Gasteiger partial charge in [0.25, 0.3) is 0 Å². The summed E-state index contributed by atoms with van der Waals surface area (Å²) in [5.74, 6) is -2.47. The lowest BCUT2D eigenvalue weighted by Gasteiger charge is -2.29. The summed E-state index contributed by atoms with van der Waals surface area (Å²) in [7, 11) is 5.66. The second kappa shape index (κ2) is 10.2. The van der Waals surface area contributed by atoms with Gasteiger partial charge in [0.1, 0.15) is 6.54 Å². The van der Waals surface area contributed by atoms with Gasteiger partial charge in [-0.25, -0.2) is 0 Å². The first-order chi connectivity index (χ1) is 10.1. The van der Waals surface area contributed by atoms with Gasteiger partial charge in [0, 0.05) is 25.2 Å². The SMILES string of the molecule is C[N+](C)(C)C[C@H](CC(=O)[O-])OC(=O)CCCCCCC(=O)O. The first-order valence-corrected chi connectivity index (χ1v) is 7.51. The number of likely N-dealkylation sites (N-methyl/N-ethyl adjacent to an activating group) is 1. The van der Waals surface area contributed by atoms with Crippen LogP contribution >= 0.6 is 0 Å². The Hall–Kier alpha value is -1.63. The molecule has 0 saturated carbocycles. The van der Waals surface area contributed by atoms with Crippen LogP contribution in [0.5, 0.6) is 0 Å². The predicted octanol–water partition coefficient (Wildman–Crippen LogP) is 0.170. The van der Waals surface area contributed by atoms with Crippen LogP contribution in [-0.4, -0.2) is 61.3 Å². The second-order valence-electron chi connectivity index (χ2n) is 6.47. The van der Waals surface area contributed by atoms with Crippen molar-refractivity contribution in [1.82, 2.24) is 0 Å². The highest BCUT2D eigenvalue weighted by Gasteiger charge is 2.22. The maximum atomic E-state index is 11.7. The van der Waals surface area contributed by atoms with Gasteiger partial charge in [0.15, 0.2) is 6.10 Å². The fourth-order valence-corrected chi connectivity index (χ4v) is 2.08. The van der Waals surface area contributed by atoms with Crippen LogP contribution in [-0.2, 0) is 19.1 Å². The summed E-state index contributed by atoms with van der Waals surface area (Å²) >= 11 is 0. The van der Waals surface area contributed by atoms with E-state index in [2.05, 4.69) is 0 Å². The van der Waals surface area contributed by atoms with Crippen molar-refractivity contribution in [2.24, 2.45) is 0 Å². The van der Waals surface area contributed by atoms with Crippen LogP contribution in [0.25, 0.3) is 0 Å². The number of carboxylic acids is 2. The largest absolute Gasteiger partial charge is 0.550 e. The minimum absolute atomic E-state index is 0.141. The fraction of sp³-hybridized carbons (Fsp3) is 0.800. The lowest BCUT2D eigenvalue weighted by molar-refractivity contribution is -0.873. The van der Waals surface area contributed by atoms with Crippen LogP contribution in [0, 0.1) is 0 Å². The van der Waals surface area contributed by atoms with Crippen molar-refractivity contribution in [1.29, 1.82) is 0 Å². The molecule has 0 radical (unpaired) electrons. The molecule has 0 spiro atoms. The molecular weight excluding hydrogens is 290 g/mol. The van der Waals surface area contributed by atoms with Gasteiger partial charge < -0.3 is 24.2 Å². The van der Waals surface area contributed by atoms with Gasteiger partial charge in [-0.3, -0.25) is 9.59 Å². The van der Waals surface area contributed by atoms with Crippen molar-refractivity contribution in [2.45, 2.75) is 51.0 Å². The maximum absolute atomic E-state index is 11.7. The molecule has 7 heteroatoms. The molecule has 0 bridgehead atoms. The number of hydrogen-bond donors (Lipinski definition) is 1. The average Bonchev–Trinajstić information content (AvgIpc) is 2.29.